The summed E-state index contributed by atoms with van der Waals surface area (Å²) in [5, 5.41) is 1.26. The molecule has 8 nitrogen and oxygen atoms in total. The van der Waals surface area contributed by atoms with Gasteiger partial charge in [0.25, 0.3) is 0 Å². The number of halogens is 2. The van der Waals surface area contributed by atoms with Gasteiger partial charge in [-0.2, -0.15) is 8.42 Å². The molecule has 0 radical (unpaired) electrons. The molecule has 12 heteroatoms. The monoisotopic (exact) mass is 523 g/mol. The molecule has 1 aromatic heterocycles. The van der Waals surface area contributed by atoms with E-state index in [0.29, 0.717) is 12.8 Å². The molecule has 1 aliphatic heterocycles. The van der Waals surface area contributed by atoms with Gasteiger partial charge in [0.2, 0.25) is 0 Å². The van der Waals surface area contributed by atoms with Crippen molar-refractivity contribution in [3.8, 4) is 5.75 Å². The first-order chi connectivity index (χ1) is 16.8. The third kappa shape index (κ3) is 5.44. The van der Waals surface area contributed by atoms with E-state index in [0.717, 1.165) is 37.0 Å². The van der Waals surface area contributed by atoms with Gasteiger partial charge in [0, 0.05) is 36.6 Å². The number of rotatable bonds is 9. The number of thiazole rings is 1. The van der Waals surface area contributed by atoms with Crippen LogP contribution in [0.5, 0.6) is 5.75 Å². The molecule has 0 saturated carbocycles. The van der Waals surface area contributed by atoms with Crippen LogP contribution in [0.1, 0.15) is 24.0 Å². The third-order valence-electron chi connectivity index (χ3n) is 5.67. The standard InChI is InChI=1S/C23H23F2N3O5S2/c1-16-20(33-18-7-9-27(10-8-18)12-17-5-3-2-4-6-17)11-19(24)23(22(16)25)35(30,31)28(32-15-29)21-13-34-14-26-21/h2-6,11,13-15,18H,7-10,12H2,1H3. The predicted molar refractivity (Wildman–Crippen MR) is 125 cm³/mol. The highest BCUT2D eigenvalue weighted by molar-refractivity contribution is 7.92. The molecule has 0 spiro atoms. The maximum atomic E-state index is 15.2. The average Bonchev–Trinajstić information content (AvgIpc) is 3.37. The number of piperidine rings is 1. The molecule has 186 valence electrons. The molecule has 4 rings (SSSR count). The second-order valence-electron chi connectivity index (χ2n) is 7.98. The second kappa shape index (κ2) is 10.7. The van der Waals surface area contributed by atoms with Crippen molar-refractivity contribution in [2.75, 3.05) is 17.6 Å². The Kier molecular flexibility index (Phi) is 7.63. The molecule has 35 heavy (non-hydrogen) atoms. The Bertz CT molecular complexity index is 1270. The minimum Gasteiger partial charge on any atom is -0.490 e. The van der Waals surface area contributed by atoms with Crippen LogP contribution in [-0.2, 0) is 26.2 Å². The number of carbonyl (C=O) groups is 1. The lowest BCUT2D eigenvalue weighted by Gasteiger charge is -2.32. The van der Waals surface area contributed by atoms with Crippen LogP contribution in [0.2, 0.25) is 0 Å². The number of benzene rings is 2. The van der Waals surface area contributed by atoms with E-state index in [2.05, 4.69) is 26.9 Å². The van der Waals surface area contributed by atoms with E-state index >= 15 is 4.39 Å². The highest BCUT2D eigenvalue weighted by atomic mass is 32.2. The predicted octanol–water partition coefficient (Wildman–Crippen LogP) is 4.06. The van der Waals surface area contributed by atoms with Crippen molar-refractivity contribution in [2.45, 2.75) is 37.3 Å². The van der Waals surface area contributed by atoms with Crippen molar-refractivity contribution < 1.29 is 31.6 Å². The first-order valence-corrected chi connectivity index (χ1v) is 13.1. The fourth-order valence-electron chi connectivity index (χ4n) is 3.89. The van der Waals surface area contributed by atoms with E-state index in [1.54, 1.807) is 0 Å². The van der Waals surface area contributed by atoms with Gasteiger partial charge in [0.15, 0.2) is 22.3 Å². The molecule has 3 aromatic rings. The summed E-state index contributed by atoms with van der Waals surface area (Å²) >= 11 is 1.01. The summed E-state index contributed by atoms with van der Waals surface area (Å²) in [5.74, 6) is -3.06. The molecule has 0 bridgehead atoms. The van der Waals surface area contributed by atoms with Gasteiger partial charge in [-0.1, -0.05) is 34.8 Å². The quantitative estimate of drug-likeness (QED) is 0.309. The summed E-state index contributed by atoms with van der Waals surface area (Å²) in [6.07, 6.45) is 1.03. The Morgan fingerprint density at radius 2 is 1.94 bits per heavy atom. The van der Waals surface area contributed by atoms with Crippen LogP contribution < -0.4 is 9.21 Å². The van der Waals surface area contributed by atoms with Crippen molar-refractivity contribution in [1.29, 1.82) is 0 Å². The molecule has 0 atom stereocenters. The maximum Gasteiger partial charge on any atom is 0.322 e. The fourth-order valence-corrected chi connectivity index (χ4v) is 5.81. The number of hydrogen-bond donors (Lipinski definition) is 0. The lowest BCUT2D eigenvalue weighted by molar-refractivity contribution is -0.128. The van der Waals surface area contributed by atoms with Gasteiger partial charge in [-0.05, 0) is 25.3 Å². The van der Waals surface area contributed by atoms with E-state index in [1.165, 1.54) is 23.4 Å². The van der Waals surface area contributed by atoms with Crippen LogP contribution >= 0.6 is 11.3 Å². The zero-order chi connectivity index (χ0) is 25.0. The normalized spacial score (nSPS) is 15.1. The van der Waals surface area contributed by atoms with Gasteiger partial charge in [0.05, 0.1) is 5.51 Å². The lowest BCUT2D eigenvalue weighted by atomic mass is 10.1. The SMILES string of the molecule is Cc1c(OC2CCN(Cc3ccccc3)CC2)cc(F)c(S(=O)(=O)N(OC=O)c2cscn2)c1F. The van der Waals surface area contributed by atoms with Crippen LogP contribution in [0.15, 0.2) is 52.2 Å². The number of nitrogens with zero attached hydrogens (tertiary/aromatic N) is 3. The van der Waals surface area contributed by atoms with Gasteiger partial charge in [-0.3, -0.25) is 9.69 Å². The van der Waals surface area contributed by atoms with Gasteiger partial charge >= 0.3 is 16.5 Å². The van der Waals surface area contributed by atoms with Gasteiger partial charge in [-0.25, -0.2) is 13.8 Å². The van der Waals surface area contributed by atoms with E-state index in [-0.39, 0.29) is 34.2 Å². The molecule has 1 aliphatic rings. The molecule has 0 unspecified atom stereocenters. The highest BCUT2D eigenvalue weighted by Gasteiger charge is 2.36. The number of carbonyl (C=O) groups excluding carboxylic acids is 1. The number of likely N-dealkylation sites (tertiary alicyclic amines) is 1. The Balaban J connectivity index is 1.50. The Morgan fingerprint density at radius 3 is 2.57 bits per heavy atom. The Labute approximate surface area is 205 Å². The highest BCUT2D eigenvalue weighted by Crippen LogP contribution is 2.34. The number of sulfonamides is 1. The molecule has 2 heterocycles. The molecule has 0 aliphatic carbocycles. The fraction of sp³-hybridized carbons (Fsp3) is 0.304. The van der Waals surface area contributed by atoms with Crippen molar-refractivity contribution in [2.24, 2.45) is 0 Å². The summed E-state index contributed by atoms with van der Waals surface area (Å²) in [5.41, 5.74) is 2.32. The van der Waals surface area contributed by atoms with Gasteiger partial charge in [-0.15, -0.1) is 11.3 Å². The summed E-state index contributed by atoms with van der Waals surface area (Å²) in [7, 11) is -4.95. The molecule has 0 amide bonds. The van der Waals surface area contributed by atoms with E-state index in [4.69, 9.17) is 4.74 Å². The van der Waals surface area contributed by atoms with Crippen molar-refractivity contribution >= 4 is 33.7 Å². The van der Waals surface area contributed by atoms with Crippen LogP contribution in [-0.4, -0.2) is 44.0 Å². The molecule has 0 N–H and O–H groups in total. The van der Waals surface area contributed by atoms with E-state index in [1.807, 2.05) is 18.2 Å². The van der Waals surface area contributed by atoms with Crippen molar-refractivity contribution in [3.05, 3.63) is 70.1 Å². The van der Waals surface area contributed by atoms with Crippen LogP contribution in [0.25, 0.3) is 0 Å². The zero-order valence-corrected chi connectivity index (χ0v) is 20.4. The first kappa shape index (κ1) is 25.0. The largest absolute Gasteiger partial charge is 0.490 e. The Morgan fingerprint density at radius 1 is 1.23 bits per heavy atom. The second-order valence-corrected chi connectivity index (χ2v) is 10.4. The topological polar surface area (TPSA) is 89.0 Å². The molecular formula is C23H23F2N3O5S2. The lowest BCUT2D eigenvalue weighted by Crippen LogP contribution is -2.38. The molecular weight excluding hydrogens is 500 g/mol. The zero-order valence-electron chi connectivity index (χ0n) is 18.8. The smallest absolute Gasteiger partial charge is 0.322 e. The third-order valence-corrected chi connectivity index (χ3v) is 7.85. The molecule has 1 saturated heterocycles. The minimum atomic E-state index is -4.95. The number of hydrogen-bond acceptors (Lipinski definition) is 8. The number of aromatic nitrogens is 1. The number of anilines is 1. The van der Waals surface area contributed by atoms with Crippen LogP contribution in [0, 0.1) is 18.6 Å². The van der Waals surface area contributed by atoms with Crippen molar-refractivity contribution in [3.63, 3.8) is 0 Å². The number of ether oxygens (including phenoxy) is 1. The average molecular weight is 524 g/mol. The van der Waals surface area contributed by atoms with E-state index in [9.17, 15) is 17.6 Å². The summed E-state index contributed by atoms with van der Waals surface area (Å²) < 4.78 is 62.1. The Hall–Kier alpha value is -3.09. The minimum absolute atomic E-state index is 0.0722. The van der Waals surface area contributed by atoms with Crippen LogP contribution in [0.3, 0.4) is 0 Å². The van der Waals surface area contributed by atoms with Crippen LogP contribution in [0.4, 0.5) is 14.6 Å². The van der Waals surface area contributed by atoms with Crippen molar-refractivity contribution in [1.82, 2.24) is 9.88 Å². The molecule has 2 aromatic carbocycles. The first-order valence-electron chi connectivity index (χ1n) is 10.8. The summed E-state index contributed by atoms with van der Waals surface area (Å²) in [6, 6.07) is 10.9. The van der Waals surface area contributed by atoms with Gasteiger partial charge in [0.1, 0.15) is 11.9 Å². The molecule has 1 fully saturated rings. The van der Waals surface area contributed by atoms with Gasteiger partial charge < -0.3 is 9.57 Å². The summed E-state index contributed by atoms with van der Waals surface area (Å²) in [6.45, 7) is 3.45. The maximum absolute atomic E-state index is 15.2. The summed E-state index contributed by atoms with van der Waals surface area (Å²) in [4.78, 5) is 20.1. The van der Waals surface area contributed by atoms with E-state index < -0.39 is 26.6 Å².